The average molecular weight is 528 g/mol. The Kier molecular flexibility index (Phi) is 6.70. The molecule has 2 fully saturated rings. The zero-order valence-electron chi connectivity index (χ0n) is 22.0. The molecule has 4 aromatic rings. The van der Waals surface area contributed by atoms with Crippen LogP contribution >= 0.6 is 0 Å². The second kappa shape index (κ2) is 10.5. The zero-order valence-corrected chi connectivity index (χ0v) is 22.0. The van der Waals surface area contributed by atoms with E-state index in [0.717, 1.165) is 22.6 Å². The highest BCUT2D eigenvalue weighted by Gasteiger charge is 2.27. The maximum absolute atomic E-state index is 14.4. The maximum atomic E-state index is 14.4. The number of nitrogens with zero attached hydrogens (tertiary/aromatic N) is 6. The van der Waals surface area contributed by atoms with Crippen molar-refractivity contribution in [3.05, 3.63) is 77.9 Å². The van der Waals surface area contributed by atoms with Crippen molar-refractivity contribution in [3.8, 4) is 16.9 Å². The molecule has 10 heteroatoms. The summed E-state index contributed by atoms with van der Waals surface area (Å²) in [6.45, 7) is 4.43. The largest absolute Gasteiger partial charge is 0.378 e. The maximum Gasteiger partial charge on any atom is 0.255 e. The Morgan fingerprint density at radius 1 is 1.10 bits per heavy atom. The monoisotopic (exact) mass is 527 g/mol. The quantitative estimate of drug-likeness (QED) is 0.380. The summed E-state index contributed by atoms with van der Waals surface area (Å²) in [7, 11) is 2.07. The fraction of sp³-hybridized carbons (Fsp3) is 0.310. The minimum absolute atomic E-state index is 0.255. The Morgan fingerprint density at radius 3 is 2.67 bits per heavy atom. The number of hydrogen-bond donors (Lipinski definition) is 1. The summed E-state index contributed by atoms with van der Waals surface area (Å²) in [6.07, 6.45) is 6.09. The smallest absolute Gasteiger partial charge is 0.255 e. The Balaban J connectivity index is 1.19. The van der Waals surface area contributed by atoms with Crippen LogP contribution in [0.1, 0.15) is 28.8 Å². The minimum Gasteiger partial charge on any atom is -0.378 e. The number of halogens is 1. The lowest BCUT2D eigenvalue weighted by atomic mass is 10.1. The van der Waals surface area contributed by atoms with Gasteiger partial charge in [0.1, 0.15) is 17.3 Å². The van der Waals surface area contributed by atoms with Gasteiger partial charge in [-0.3, -0.25) is 4.79 Å². The highest BCUT2D eigenvalue weighted by Crippen LogP contribution is 2.30. The number of benzene rings is 2. The summed E-state index contributed by atoms with van der Waals surface area (Å²) in [5.41, 5.74) is 4.81. The highest BCUT2D eigenvalue weighted by molar-refractivity contribution is 6.05. The molecule has 39 heavy (non-hydrogen) atoms. The lowest BCUT2D eigenvalue weighted by Crippen LogP contribution is -2.36. The lowest BCUT2D eigenvalue weighted by molar-refractivity contribution is 0.102. The molecular weight excluding hydrogens is 497 g/mol. The summed E-state index contributed by atoms with van der Waals surface area (Å²) < 4.78 is 21.5. The van der Waals surface area contributed by atoms with E-state index in [2.05, 4.69) is 32.6 Å². The van der Waals surface area contributed by atoms with Gasteiger partial charge < -0.3 is 19.9 Å². The van der Waals surface area contributed by atoms with Gasteiger partial charge in [0.2, 0.25) is 0 Å². The first-order valence-corrected chi connectivity index (χ1v) is 13.1. The molecule has 1 N–H and O–H groups in total. The molecule has 0 unspecified atom stereocenters. The molecule has 1 aliphatic carbocycles. The average Bonchev–Trinajstić information content (AvgIpc) is 3.70. The van der Waals surface area contributed by atoms with Gasteiger partial charge >= 0.3 is 0 Å². The van der Waals surface area contributed by atoms with Crippen molar-refractivity contribution in [1.29, 1.82) is 0 Å². The van der Waals surface area contributed by atoms with Gasteiger partial charge in [-0.1, -0.05) is 11.3 Å². The number of hydrogen-bond acceptors (Lipinski definition) is 7. The predicted molar refractivity (Wildman–Crippen MR) is 148 cm³/mol. The molecular formula is C29H30FN7O2. The van der Waals surface area contributed by atoms with Crippen LogP contribution in [0.25, 0.3) is 16.9 Å². The first-order chi connectivity index (χ1) is 18.9. The Hall–Kier alpha value is -4.31. The molecule has 1 amide bonds. The van der Waals surface area contributed by atoms with Gasteiger partial charge in [0.15, 0.2) is 0 Å². The number of aryl methyl sites for hydroxylation is 1. The van der Waals surface area contributed by atoms with Gasteiger partial charge in [-0.2, -0.15) is 0 Å². The molecule has 6 rings (SSSR count). The van der Waals surface area contributed by atoms with Crippen LogP contribution in [0.3, 0.4) is 0 Å². The normalized spacial score (nSPS) is 15.3. The molecule has 1 saturated carbocycles. The van der Waals surface area contributed by atoms with Crippen molar-refractivity contribution in [1.82, 2.24) is 20.0 Å². The number of carbonyl (C=O) groups excluding carboxylic acids is 1. The number of amides is 1. The van der Waals surface area contributed by atoms with Gasteiger partial charge in [-0.05, 0) is 67.8 Å². The van der Waals surface area contributed by atoms with E-state index in [-0.39, 0.29) is 11.5 Å². The van der Waals surface area contributed by atoms with Gasteiger partial charge in [-0.15, -0.1) is 5.10 Å². The number of pyridine rings is 1. The number of morpholine rings is 1. The first-order valence-electron chi connectivity index (χ1n) is 13.1. The SMILES string of the molecule is Cc1ccc(NC(=O)c2cc(F)cc(N3CCOCC3)c2)cc1-n1cc(-c2ccc(N(C)C3CC3)nc2)nn1. The third kappa shape index (κ3) is 5.46. The highest BCUT2D eigenvalue weighted by atomic mass is 19.1. The van der Waals surface area contributed by atoms with E-state index in [0.29, 0.717) is 49.4 Å². The number of nitrogens with one attached hydrogen (secondary N) is 1. The van der Waals surface area contributed by atoms with Crippen LogP contribution in [0.15, 0.2) is 60.9 Å². The van der Waals surface area contributed by atoms with Crippen molar-refractivity contribution in [2.45, 2.75) is 25.8 Å². The standard InChI is InChI=1S/C29H30FN7O2/c1-19-3-5-23(32-29(38)21-13-22(30)15-25(14-21)36-9-11-39-12-10-36)16-27(19)37-18-26(33-34-37)20-4-8-28(31-17-20)35(2)24-6-7-24/h3-5,8,13-18,24H,6-7,9-12H2,1-2H3,(H,32,38). The van der Waals surface area contributed by atoms with E-state index in [9.17, 15) is 9.18 Å². The number of carbonyl (C=O) groups is 1. The van der Waals surface area contributed by atoms with Gasteiger partial charge in [0.25, 0.3) is 5.91 Å². The van der Waals surface area contributed by atoms with E-state index >= 15 is 0 Å². The van der Waals surface area contributed by atoms with Crippen molar-refractivity contribution >= 4 is 23.1 Å². The van der Waals surface area contributed by atoms with Crippen molar-refractivity contribution in [2.75, 3.05) is 48.5 Å². The van der Waals surface area contributed by atoms with Crippen LogP contribution in [0, 0.1) is 12.7 Å². The molecule has 0 atom stereocenters. The Morgan fingerprint density at radius 2 is 1.92 bits per heavy atom. The van der Waals surface area contributed by atoms with Crippen LogP contribution in [-0.4, -0.2) is 65.3 Å². The summed E-state index contributed by atoms with van der Waals surface area (Å²) in [5.74, 6) is 0.106. The van der Waals surface area contributed by atoms with E-state index in [1.807, 2.05) is 54.5 Å². The fourth-order valence-electron chi connectivity index (χ4n) is 4.76. The van der Waals surface area contributed by atoms with Crippen LogP contribution in [-0.2, 0) is 4.74 Å². The number of aromatic nitrogens is 4. The molecule has 0 spiro atoms. The van der Waals surface area contributed by atoms with Crippen LogP contribution < -0.4 is 15.1 Å². The molecule has 0 bridgehead atoms. The second-order valence-corrected chi connectivity index (χ2v) is 10.0. The van der Waals surface area contributed by atoms with Crippen LogP contribution in [0.5, 0.6) is 0 Å². The molecule has 1 saturated heterocycles. The van der Waals surface area contributed by atoms with E-state index in [4.69, 9.17) is 4.74 Å². The molecule has 2 aromatic heterocycles. The molecule has 1 aliphatic heterocycles. The lowest BCUT2D eigenvalue weighted by Gasteiger charge is -2.29. The van der Waals surface area contributed by atoms with E-state index in [1.54, 1.807) is 10.7 Å². The molecule has 0 radical (unpaired) electrons. The van der Waals surface area contributed by atoms with Gasteiger partial charge in [0.05, 0.1) is 25.1 Å². The van der Waals surface area contributed by atoms with Gasteiger partial charge in [0, 0.05) is 54.9 Å². The molecule has 200 valence electrons. The Labute approximate surface area is 226 Å². The van der Waals surface area contributed by atoms with Gasteiger partial charge in [-0.25, -0.2) is 14.1 Å². The minimum atomic E-state index is -0.453. The number of anilines is 3. The van der Waals surface area contributed by atoms with Crippen molar-refractivity contribution < 1.29 is 13.9 Å². The topological polar surface area (TPSA) is 88.4 Å². The summed E-state index contributed by atoms with van der Waals surface area (Å²) in [5, 5.41) is 11.6. The number of rotatable bonds is 7. The molecule has 2 aliphatic rings. The fourth-order valence-corrected chi connectivity index (χ4v) is 4.76. The van der Waals surface area contributed by atoms with Crippen molar-refractivity contribution in [3.63, 3.8) is 0 Å². The molecule has 2 aromatic carbocycles. The van der Waals surface area contributed by atoms with E-state index < -0.39 is 5.82 Å². The summed E-state index contributed by atoms with van der Waals surface area (Å²) in [4.78, 5) is 21.9. The van der Waals surface area contributed by atoms with Crippen LogP contribution in [0.2, 0.25) is 0 Å². The van der Waals surface area contributed by atoms with Crippen LogP contribution in [0.4, 0.5) is 21.6 Å². The molecule has 9 nitrogen and oxygen atoms in total. The Bertz CT molecular complexity index is 1490. The van der Waals surface area contributed by atoms with E-state index in [1.165, 1.54) is 25.0 Å². The zero-order chi connectivity index (χ0) is 26.9. The van der Waals surface area contributed by atoms with Crippen molar-refractivity contribution in [2.24, 2.45) is 0 Å². The third-order valence-electron chi connectivity index (χ3n) is 7.23. The summed E-state index contributed by atoms with van der Waals surface area (Å²) >= 11 is 0. The first kappa shape index (κ1) is 25.0. The number of ether oxygens (including phenoxy) is 1. The molecule has 3 heterocycles. The summed E-state index contributed by atoms with van der Waals surface area (Å²) in [6, 6.07) is 14.6. The third-order valence-corrected chi connectivity index (χ3v) is 7.23. The second-order valence-electron chi connectivity index (χ2n) is 10.0. The predicted octanol–water partition coefficient (Wildman–Crippen LogP) is 4.46.